The van der Waals surface area contributed by atoms with Crippen molar-refractivity contribution in [2.24, 2.45) is 5.92 Å². The third-order valence-corrected chi connectivity index (χ3v) is 4.86. The molecule has 18 heavy (non-hydrogen) atoms. The van der Waals surface area contributed by atoms with E-state index in [1.54, 1.807) is 6.07 Å². The van der Waals surface area contributed by atoms with E-state index in [0.717, 1.165) is 19.3 Å². The Morgan fingerprint density at radius 2 is 2.06 bits per heavy atom. The topological polar surface area (TPSA) is 85.1 Å². The van der Waals surface area contributed by atoms with Crippen LogP contribution >= 0.6 is 0 Å². The second-order valence-electron chi connectivity index (χ2n) is 4.92. The van der Waals surface area contributed by atoms with E-state index in [-0.39, 0.29) is 11.1 Å². The molecule has 1 fully saturated rings. The summed E-state index contributed by atoms with van der Waals surface area (Å²) in [7, 11) is -3.53. The molecule has 1 aromatic rings. The summed E-state index contributed by atoms with van der Waals surface area (Å²) in [4.78, 5) is 3.87. The predicted molar refractivity (Wildman–Crippen MR) is 70.4 cm³/mol. The maximum absolute atomic E-state index is 12.1. The lowest BCUT2D eigenvalue weighted by Gasteiger charge is -2.29. The van der Waals surface area contributed by atoms with E-state index in [1.807, 2.05) is 0 Å². The molecular weight excluding hydrogens is 250 g/mol. The molecule has 1 aliphatic rings. The molecule has 0 aliphatic heterocycles. The van der Waals surface area contributed by atoms with Crippen LogP contribution in [0.15, 0.2) is 23.4 Å². The van der Waals surface area contributed by atoms with Crippen LogP contribution < -0.4 is 10.5 Å². The zero-order valence-electron chi connectivity index (χ0n) is 10.5. The number of sulfonamides is 1. The summed E-state index contributed by atoms with van der Waals surface area (Å²) < 4.78 is 27.0. The van der Waals surface area contributed by atoms with E-state index < -0.39 is 10.0 Å². The van der Waals surface area contributed by atoms with Crippen molar-refractivity contribution in [1.29, 1.82) is 0 Å². The molecule has 6 heteroatoms. The van der Waals surface area contributed by atoms with E-state index in [0.29, 0.717) is 11.6 Å². The average molecular weight is 269 g/mol. The first kappa shape index (κ1) is 13.3. The standard InChI is InChI=1S/C12H19N3O2S/c1-9-4-2-3-5-11(9)15-18(16,17)12-7-6-10(13)8-14-12/h6-9,11,15H,2-5,13H2,1H3. The van der Waals surface area contributed by atoms with Gasteiger partial charge in [-0.25, -0.2) is 18.1 Å². The number of hydrogen-bond donors (Lipinski definition) is 2. The van der Waals surface area contributed by atoms with E-state index in [9.17, 15) is 8.42 Å². The van der Waals surface area contributed by atoms with E-state index in [2.05, 4.69) is 16.6 Å². The van der Waals surface area contributed by atoms with Gasteiger partial charge < -0.3 is 5.73 Å². The highest BCUT2D eigenvalue weighted by atomic mass is 32.2. The fourth-order valence-corrected chi connectivity index (χ4v) is 3.61. The van der Waals surface area contributed by atoms with Crippen LogP contribution in [0.3, 0.4) is 0 Å². The van der Waals surface area contributed by atoms with Gasteiger partial charge in [0.15, 0.2) is 5.03 Å². The molecule has 100 valence electrons. The van der Waals surface area contributed by atoms with Crippen LogP contribution in [0.2, 0.25) is 0 Å². The van der Waals surface area contributed by atoms with E-state index in [1.165, 1.54) is 18.7 Å². The fraction of sp³-hybridized carbons (Fsp3) is 0.583. The van der Waals surface area contributed by atoms with Crippen molar-refractivity contribution in [1.82, 2.24) is 9.71 Å². The Morgan fingerprint density at radius 3 is 2.67 bits per heavy atom. The Bertz CT molecular complexity index is 499. The van der Waals surface area contributed by atoms with Gasteiger partial charge in [-0.2, -0.15) is 0 Å². The number of nitrogens with one attached hydrogen (secondary N) is 1. The molecule has 0 saturated heterocycles. The van der Waals surface area contributed by atoms with Gasteiger partial charge in [0.25, 0.3) is 10.0 Å². The lowest BCUT2D eigenvalue weighted by atomic mass is 9.87. The first-order valence-corrected chi connectivity index (χ1v) is 7.71. The molecule has 3 N–H and O–H groups in total. The maximum Gasteiger partial charge on any atom is 0.258 e. The molecular formula is C12H19N3O2S. The second-order valence-corrected chi connectivity index (χ2v) is 6.58. The fourth-order valence-electron chi connectivity index (χ4n) is 2.30. The highest BCUT2D eigenvalue weighted by Gasteiger charge is 2.27. The zero-order chi connectivity index (χ0) is 13.2. The van der Waals surface area contributed by atoms with Gasteiger partial charge in [-0.15, -0.1) is 0 Å². The molecule has 1 heterocycles. The Balaban J connectivity index is 2.13. The molecule has 0 radical (unpaired) electrons. The Hall–Kier alpha value is -1.14. The lowest BCUT2D eigenvalue weighted by molar-refractivity contribution is 0.310. The highest BCUT2D eigenvalue weighted by Crippen LogP contribution is 2.25. The molecule has 0 aromatic carbocycles. The summed E-state index contributed by atoms with van der Waals surface area (Å²) in [6.45, 7) is 2.09. The van der Waals surface area contributed by atoms with Gasteiger partial charge >= 0.3 is 0 Å². The predicted octanol–water partition coefficient (Wildman–Crippen LogP) is 1.52. The Kier molecular flexibility index (Phi) is 3.87. The SMILES string of the molecule is CC1CCCCC1NS(=O)(=O)c1ccc(N)cn1. The van der Waals surface area contributed by atoms with Gasteiger partial charge in [-0.05, 0) is 30.9 Å². The molecule has 1 saturated carbocycles. The molecule has 0 bridgehead atoms. The van der Waals surface area contributed by atoms with Crippen LogP contribution in [0.4, 0.5) is 5.69 Å². The number of pyridine rings is 1. The van der Waals surface area contributed by atoms with Gasteiger partial charge in [0.1, 0.15) is 0 Å². The van der Waals surface area contributed by atoms with Crippen LogP contribution in [0.5, 0.6) is 0 Å². The smallest absolute Gasteiger partial charge is 0.258 e. The minimum Gasteiger partial charge on any atom is -0.397 e. The van der Waals surface area contributed by atoms with Gasteiger partial charge in [0, 0.05) is 6.04 Å². The number of anilines is 1. The van der Waals surface area contributed by atoms with E-state index >= 15 is 0 Å². The molecule has 2 unspecified atom stereocenters. The number of aromatic nitrogens is 1. The zero-order valence-corrected chi connectivity index (χ0v) is 11.3. The summed E-state index contributed by atoms with van der Waals surface area (Å²) >= 11 is 0. The summed E-state index contributed by atoms with van der Waals surface area (Å²) in [5, 5.41) is 0.0365. The van der Waals surface area contributed by atoms with Crippen LogP contribution in [0.1, 0.15) is 32.6 Å². The third kappa shape index (κ3) is 3.00. The molecule has 2 atom stereocenters. The van der Waals surface area contributed by atoms with Gasteiger partial charge in [0.05, 0.1) is 11.9 Å². The quantitative estimate of drug-likeness (QED) is 0.871. The molecule has 1 aromatic heterocycles. The molecule has 5 nitrogen and oxygen atoms in total. The van der Waals surface area contributed by atoms with Crippen molar-refractivity contribution < 1.29 is 8.42 Å². The van der Waals surface area contributed by atoms with Crippen molar-refractivity contribution in [3.05, 3.63) is 18.3 Å². The Labute approximate surface area is 108 Å². The normalized spacial score (nSPS) is 24.9. The third-order valence-electron chi connectivity index (χ3n) is 3.45. The van der Waals surface area contributed by atoms with Crippen molar-refractivity contribution in [3.8, 4) is 0 Å². The second kappa shape index (κ2) is 5.24. The van der Waals surface area contributed by atoms with Gasteiger partial charge in [-0.1, -0.05) is 19.8 Å². The lowest BCUT2D eigenvalue weighted by Crippen LogP contribution is -2.41. The van der Waals surface area contributed by atoms with Crippen LogP contribution in [0, 0.1) is 5.92 Å². The summed E-state index contributed by atoms with van der Waals surface area (Å²) in [6, 6.07) is 3.00. The first-order valence-electron chi connectivity index (χ1n) is 6.23. The number of nitrogen functional groups attached to an aromatic ring is 1. The van der Waals surface area contributed by atoms with Gasteiger partial charge in [-0.3, -0.25) is 0 Å². The summed E-state index contributed by atoms with van der Waals surface area (Å²) in [5.74, 6) is 0.377. The van der Waals surface area contributed by atoms with Crippen LogP contribution in [-0.2, 0) is 10.0 Å². The minimum absolute atomic E-state index is 0.0168. The van der Waals surface area contributed by atoms with Crippen molar-refractivity contribution >= 4 is 15.7 Å². The summed E-state index contributed by atoms with van der Waals surface area (Å²) in [5.41, 5.74) is 5.96. The molecule has 0 amide bonds. The summed E-state index contributed by atoms with van der Waals surface area (Å²) in [6.07, 6.45) is 5.59. The van der Waals surface area contributed by atoms with Crippen molar-refractivity contribution in [2.75, 3.05) is 5.73 Å². The number of hydrogen-bond acceptors (Lipinski definition) is 4. The van der Waals surface area contributed by atoms with E-state index in [4.69, 9.17) is 5.73 Å². The van der Waals surface area contributed by atoms with Crippen molar-refractivity contribution in [2.45, 2.75) is 43.7 Å². The monoisotopic (exact) mass is 269 g/mol. The van der Waals surface area contributed by atoms with Gasteiger partial charge in [0.2, 0.25) is 0 Å². The Morgan fingerprint density at radius 1 is 1.33 bits per heavy atom. The largest absolute Gasteiger partial charge is 0.397 e. The van der Waals surface area contributed by atoms with Crippen LogP contribution in [-0.4, -0.2) is 19.4 Å². The van der Waals surface area contributed by atoms with Crippen molar-refractivity contribution in [3.63, 3.8) is 0 Å². The first-order chi connectivity index (χ1) is 8.49. The molecule has 1 aliphatic carbocycles. The number of nitrogens with two attached hydrogens (primary N) is 1. The average Bonchev–Trinajstić information content (AvgIpc) is 2.32. The number of nitrogens with zero attached hydrogens (tertiary/aromatic N) is 1. The minimum atomic E-state index is -3.53. The maximum atomic E-state index is 12.1. The molecule has 0 spiro atoms. The highest BCUT2D eigenvalue weighted by molar-refractivity contribution is 7.89. The molecule has 2 rings (SSSR count). The number of rotatable bonds is 3. The van der Waals surface area contributed by atoms with Crippen LogP contribution in [0.25, 0.3) is 0 Å².